The Morgan fingerprint density at radius 1 is 1.33 bits per heavy atom. The van der Waals surface area contributed by atoms with E-state index in [2.05, 4.69) is 15.3 Å². The number of nitrogens with zero attached hydrogens (tertiary/aromatic N) is 2. The summed E-state index contributed by atoms with van der Waals surface area (Å²) in [6.07, 6.45) is 1.84. The van der Waals surface area contributed by atoms with Gasteiger partial charge in [-0.1, -0.05) is 0 Å². The van der Waals surface area contributed by atoms with Crippen molar-refractivity contribution >= 4 is 22.4 Å². The van der Waals surface area contributed by atoms with Crippen LogP contribution in [-0.4, -0.2) is 27.2 Å². The van der Waals surface area contributed by atoms with Crippen molar-refractivity contribution in [1.82, 2.24) is 9.97 Å². The highest BCUT2D eigenvalue weighted by atomic mass is 16.3. The number of aliphatic hydroxyl groups excluding tert-OH is 1. The van der Waals surface area contributed by atoms with Crippen molar-refractivity contribution in [3.63, 3.8) is 0 Å². The number of hydrogen-bond acceptors (Lipinski definition) is 5. The van der Waals surface area contributed by atoms with E-state index >= 15 is 0 Å². The molecule has 0 fully saturated rings. The predicted molar refractivity (Wildman–Crippen MR) is 73.3 cm³/mol. The molecule has 0 aliphatic rings. The number of aromatic nitrogens is 2. The van der Waals surface area contributed by atoms with Gasteiger partial charge in [0.25, 0.3) is 0 Å². The van der Waals surface area contributed by atoms with E-state index in [-0.39, 0.29) is 12.1 Å². The van der Waals surface area contributed by atoms with Crippen LogP contribution in [0.5, 0.6) is 0 Å². The molecule has 2 unspecified atom stereocenters. The summed E-state index contributed by atoms with van der Waals surface area (Å²) in [4.78, 5) is 8.43. The van der Waals surface area contributed by atoms with Gasteiger partial charge in [0.15, 0.2) is 0 Å². The van der Waals surface area contributed by atoms with Gasteiger partial charge in [0, 0.05) is 17.1 Å². The van der Waals surface area contributed by atoms with Crippen LogP contribution in [0.2, 0.25) is 0 Å². The van der Waals surface area contributed by atoms with Crippen molar-refractivity contribution in [2.45, 2.75) is 32.4 Å². The lowest BCUT2D eigenvalue weighted by Gasteiger charge is -2.17. The van der Waals surface area contributed by atoms with Crippen LogP contribution >= 0.6 is 0 Å². The summed E-state index contributed by atoms with van der Waals surface area (Å²) in [5.74, 6) is 0.771. The van der Waals surface area contributed by atoms with Crippen LogP contribution in [0.1, 0.15) is 20.3 Å². The second-order valence-corrected chi connectivity index (χ2v) is 4.63. The van der Waals surface area contributed by atoms with Crippen LogP contribution in [0.4, 0.5) is 11.5 Å². The molecule has 0 amide bonds. The summed E-state index contributed by atoms with van der Waals surface area (Å²) in [7, 11) is 0. The number of nitrogens with one attached hydrogen (secondary N) is 1. The number of aliphatic hydroxyl groups is 1. The second kappa shape index (κ2) is 5.18. The molecule has 2 aromatic rings. The Morgan fingerprint density at radius 2 is 2.11 bits per heavy atom. The Hall–Kier alpha value is -1.88. The minimum Gasteiger partial charge on any atom is -0.399 e. The third-order valence-electron chi connectivity index (χ3n) is 2.74. The first-order valence-electron chi connectivity index (χ1n) is 6.01. The van der Waals surface area contributed by atoms with Gasteiger partial charge < -0.3 is 16.2 Å². The van der Waals surface area contributed by atoms with E-state index in [1.54, 1.807) is 6.92 Å². The van der Waals surface area contributed by atoms with Crippen molar-refractivity contribution in [2.24, 2.45) is 0 Å². The Balaban J connectivity index is 2.28. The lowest BCUT2D eigenvalue weighted by Crippen LogP contribution is -2.21. The van der Waals surface area contributed by atoms with E-state index in [1.165, 1.54) is 6.33 Å². The van der Waals surface area contributed by atoms with Gasteiger partial charge in [0.05, 0.1) is 11.6 Å². The summed E-state index contributed by atoms with van der Waals surface area (Å²) < 4.78 is 0. The first-order valence-corrected chi connectivity index (χ1v) is 6.01. The molecule has 2 rings (SSSR count). The maximum atomic E-state index is 9.36. The first-order chi connectivity index (χ1) is 8.56. The highest BCUT2D eigenvalue weighted by Gasteiger charge is 2.09. The molecule has 0 bridgehead atoms. The molecule has 18 heavy (non-hydrogen) atoms. The van der Waals surface area contributed by atoms with E-state index in [4.69, 9.17) is 5.73 Å². The van der Waals surface area contributed by atoms with Gasteiger partial charge in [0.1, 0.15) is 12.1 Å². The monoisotopic (exact) mass is 246 g/mol. The summed E-state index contributed by atoms with van der Waals surface area (Å²) >= 11 is 0. The van der Waals surface area contributed by atoms with Crippen molar-refractivity contribution in [2.75, 3.05) is 11.1 Å². The first kappa shape index (κ1) is 12.6. The Bertz CT molecular complexity index is 542. The average molecular weight is 246 g/mol. The second-order valence-electron chi connectivity index (χ2n) is 4.63. The molecule has 0 aliphatic heterocycles. The lowest BCUT2D eigenvalue weighted by atomic mass is 10.1. The SMILES string of the molecule is CC(O)CC(C)Nc1ncnc2cc(N)ccc12. The van der Waals surface area contributed by atoms with Crippen molar-refractivity contribution < 1.29 is 5.11 Å². The zero-order valence-corrected chi connectivity index (χ0v) is 10.6. The maximum Gasteiger partial charge on any atom is 0.137 e. The van der Waals surface area contributed by atoms with Gasteiger partial charge in [-0.25, -0.2) is 9.97 Å². The van der Waals surface area contributed by atoms with Gasteiger partial charge in [-0.3, -0.25) is 0 Å². The molecule has 1 heterocycles. The molecular formula is C13H18N4O. The Labute approximate surface area is 106 Å². The van der Waals surface area contributed by atoms with Crippen LogP contribution in [-0.2, 0) is 0 Å². The van der Waals surface area contributed by atoms with E-state index in [1.807, 2.05) is 25.1 Å². The molecule has 0 spiro atoms. The van der Waals surface area contributed by atoms with Crippen LogP contribution < -0.4 is 11.1 Å². The fourth-order valence-corrected chi connectivity index (χ4v) is 1.99. The standard InChI is InChI=1S/C13H18N4O/c1-8(5-9(2)18)17-13-11-4-3-10(14)6-12(11)15-7-16-13/h3-4,6-9,18H,5,14H2,1-2H3,(H,15,16,17). The largest absolute Gasteiger partial charge is 0.399 e. The highest BCUT2D eigenvalue weighted by Crippen LogP contribution is 2.22. The predicted octanol–water partition coefficient (Wildman–Crippen LogP) is 1.78. The number of anilines is 2. The molecule has 96 valence electrons. The van der Waals surface area contributed by atoms with E-state index in [9.17, 15) is 5.11 Å². The zero-order chi connectivity index (χ0) is 13.1. The quantitative estimate of drug-likeness (QED) is 0.716. The van der Waals surface area contributed by atoms with Gasteiger partial charge in [-0.15, -0.1) is 0 Å². The number of hydrogen-bond donors (Lipinski definition) is 3. The molecule has 0 aliphatic carbocycles. The van der Waals surface area contributed by atoms with Crippen LogP contribution in [0.3, 0.4) is 0 Å². The lowest BCUT2D eigenvalue weighted by molar-refractivity contribution is 0.179. The fourth-order valence-electron chi connectivity index (χ4n) is 1.99. The molecule has 5 nitrogen and oxygen atoms in total. The Morgan fingerprint density at radius 3 is 2.83 bits per heavy atom. The van der Waals surface area contributed by atoms with Crippen molar-refractivity contribution in [3.05, 3.63) is 24.5 Å². The van der Waals surface area contributed by atoms with Gasteiger partial charge >= 0.3 is 0 Å². The molecule has 4 N–H and O–H groups in total. The molecule has 5 heteroatoms. The number of nitrogens with two attached hydrogens (primary N) is 1. The Kier molecular flexibility index (Phi) is 3.62. The number of benzene rings is 1. The summed E-state index contributed by atoms with van der Waals surface area (Å²) in [6, 6.07) is 5.69. The average Bonchev–Trinajstić information content (AvgIpc) is 2.27. The van der Waals surface area contributed by atoms with Gasteiger partial charge in [-0.05, 0) is 38.5 Å². The third kappa shape index (κ3) is 2.87. The third-order valence-corrected chi connectivity index (χ3v) is 2.74. The molecule has 0 saturated carbocycles. The molecule has 0 radical (unpaired) electrons. The smallest absolute Gasteiger partial charge is 0.137 e. The van der Waals surface area contributed by atoms with Crippen LogP contribution in [0.25, 0.3) is 10.9 Å². The van der Waals surface area contributed by atoms with Crippen LogP contribution in [0.15, 0.2) is 24.5 Å². The van der Waals surface area contributed by atoms with Gasteiger partial charge in [0.2, 0.25) is 0 Å². The summed E-state index contributed by atoms with van der Waals surface area (Å²) in [5.41, 5.74) is 7.23. The molecule has 2 atom stereocenters. The van der Waals surface area contributed by atoms with Crippen molar-refractivity contribution in [1.29, 1.82) is 0 Å². The normalized spacial score (nSPS) is 14.4. The summed E-state index contributed by atoms with van der Waals surface area (Å²) in [6.45, 7) is 3.79. The van der Waals surface area contributed by atoms with Crippen LogP contribution in [0, 0.1) is 0 Å². The van der Waals surface area contributed by atoms with E-state index in [0.717, 1.165) is 16.7 Å². The molecule has 0 saturated heterocycles. The number of rotatable bonds is 4. The number of nitrogen functional groups attached to an aromatic ring is 1. The molecule has 1 aromatic heterocycles. The van der Waals surface area contributed by atoms with E-state index < -0.39 is 0 Å². The van der Waals surface area contributed by atoms with Gasteiger partial charge in [-0.2, -0.15) is 0 Å². The van der Waals surface area contributed by atoms with Crippen molar-refractivity contribution in [3.8, 4) is 0 Å². The molecule has 1 aromatic carbocycles. The minimum absolute atomic E-state index is 0.139. The minimum atomic E-state index is -0.337. The maximum absolute atomic E-state index is 9.36. The summed E-state index contributed by atoms with van der Waals surface area (Å²) in [5, 5.41) is 13.6. The zero-order valence-electron chi connectivity index (χ0n) is 10.6. The number of fused-ring (bicyclic) bond motifs is 1. The van der Waals surface area contributed by atoms with E-state index in [0.29, 0.717) is 12.1 Å². The fraction of sp³-hybridized carbons (Fsp3) is 0.385. The topological polar surface area (TPSA) is 84.1 Å². The highest BCUT2D eigenvalue weighted by molar-refractivity contribution is 5.90. The molecular weight excluding hydrogens is 228 g/mol.